The number of anilines is 2. The maximum absolute atomic E-state index is 5.78. The molecule has 2 aromatic heterocycles. The van der Waals surface area contributed by atoms with Crippen molar-refractivity contribution in [3.8, 4) is 0 Å². The number of aromatic nitrogens is 3. The second-order valence-electron chi connectivity index (χ2n) is 5.38. The van der Waals surface area contributed by atoms with Crippen LogP contribution in [0.15, 0.2) is 18.6 Å². The van der Waals surface area contributed by atoms with Gasteiger partial charge in [-0.1, -0.05) is 0 Å². The van der Waals surface area contributed by atoms with E-state index in [2.05, 4.69) is 41.1 Å². The van der Waals surface area contributed by atoms with Crippen LogP contribution in [0.25, 0.3) is 5.65 Å². The molecule has 2 heterocycles. The third-order valence-electron chi connectivity index (χ3n) is 3.50. The van der Waals surface area contributed by atoms with Crippen molar-refractivity contribution in [2.75, 3.05) is 31.2 Å². The summed E-state index contributed by atoms with van der Waals surface area (Å²) >= 11 is 0. The SMILES string of the molecule is CC(C)N(C)CCCCNc1nc(N)cn2ccnc12. The highest BCUT2D eigenvalue weighted by atomic mass is 15.1. The number of imidazole rings is 1. The number of nitrogens with one attached hydrogen (secondary N) is 1. The lowest BCUT2D eigenvalue weighted by Gasteiger charge is -2.20. The zero-order valence-electron chi connectivity index (χ0n) is 12.5. The molecule has 0 amide bonds. The summed E-state index contributed by atoms with van der Waals surface area (Å²) in [6.07, 6.45) is 7.65. The van der Waals surface area contributed by atoms with Crippen LogP contribution >= 0.6 is 0 Å². The quantitative estimate of drug-likeness (QED) is 0.755. The van der Waals surface area contributed by atoms with Gasteiger partial charge < -0.3 is 20.4 Å². The highest BCUT2D eigenvalue weighted by molar-refractivity contribution is 5.64. The van der Waals surface area contributed by atoms with Crippen LogP contribution in [-0.4, -0.2) is 45.4 Å². The molecule has 20 heavy (non-hydrogen) atoms. The van der Waals surface area contributed by atoms with Gasteiger partial charge in [0.2, 0.25) is 0 Å². The Balaban J connectivity index is 1.83. The molecule has 0 aromatic carbocycles. The molecule has 110 valence electrons. The summed E-state index contributed by atoms with van der Waals surface area (Å²) in [5, 5.41) is 3.32. The van der Waals surface area contributed by atoms with E-state index in [0.717, 1.165) is 37.4 Å². The van der Waals surface area contributed by atoms with Crippen LogP contribution in [0, 0.1) is 0 Å². The molecule has 0 aliphatic carbocycles. The van der Waals surface area contributed by atoms with Gasteiger partial charge in [-0.15, -0.1) is 0 Å². The highest BCUT2D eigenvalue weighted by Gasteiger charge is 2.06. The number of hydrogen-bond donors (Lipinski definition) is 2. The number of nitrogens with zero attached hydrogens (tertiary/aromatic N) is 4. The molecule has 0 unspecified atom stereocenters. The first-order valence-corrected chi connectivity index (χ1v) is 7.11. The van der Waals surface area contributed by atoms with E-state index in [-0.39, 0.29) is 0 Å². The van der Waals surface area contributed by atoms with Crippen LogP contribution in [0.2, 0.25) is 0 Å². The standard InChI is InChI=1S/C14H24N6/c1-11(2)19(3)8-5-4-6-16-13-14-17-7-9-20(14)10-12(15)18-13/h7,9-11H,4-6,8,15H2,1-3H3,(H,16,18). The van der Waals surface area contributed by atoms with Gasteiger partial charge >= 0.3 is 0 Å². The highest BCUT2D eigenvalue weighted by Crippen LogP contribution is 2.14. The second kappa shape index (κ2) is 6.56. The van der Waals surface area contributed by atoms with Gasteiger partial charge in [0.15, 0.2) is 11.5 Å². The molecule has 0 aliphatic heterocycles. The molecule has 0 saturated carbocycles. The Labute approximate surface area is 120 Å². The average molecular weight is 276 g/mol. The fourth-order valence-corrected chi connectivity index (χ4v) is 2.02. The lowest BCUT2D eigenvalue weighted by atomic mass is 10.2. The van der Waals surface area contributed by atoms with Gasteiger partial charge in [0, 0.05) is 25.0 Å². The van der Waals surface area contributed by atoms with Crippen LogP contribution in [0.3, 0.4) is 0 Å². The Hall–Kier alpha value is -1.82. The largest absolute Gasteiger partial charge is 0.382 e. The van der Waals surface area contributed by atoms with E-state index in [9.17, 15) is 0 Å². The average Bonchev–Trinajstić information content (AvgIpc) is 2.85. The Morgan fingerprint density at radius 2 is 2.20 bits per heavy atom. The monoisotopic (exact) mass is 276 g/mol. The normalized spacial score (nSPS) is 11.7. The van der Waals surface area contributed by atoms with Crippen molar-refractivity contribution in [3.05, 3.63) is 18.6 Å². The summed E-state index contributed by atoms with van der Waals surface area (Å²) in [7, 11) is 2.16. The molecule has 0 saturated heterocycles. The fourth-order valence-electron chi connectivity index (χ4n) is 2.02. The Morgan fingerprint density at radius 3 is 2.95 bits per heavy atom. The lowest BCUT2D eigenvalue weighted by Crippen LogP contribution is -2.27. The lowest BCUT2D eigenvalue weighted by molar-refractivity contribution is 0.269. The molecule has 0 radical (unpaired) electrons. The smallest absolute Gasteiger partial charge is 0.180 e. The molecule has 0 atom stereocenters. The Kier molecular flexibility index (Phi) is 4.79. The maximum atomic E-state index is 5.78. The first-order valence-electron chi connectivity index (χ1n) is 7.11. The fraction of sp³-hybridized carbons (Fsp3) is 0.571. The summed E-state index contributed by atoms with van der Waals surface area (Å²) in [5.41, 5.74) is 6.60. The van der Waals surface area contributed by atoms with E-state index >= 15 is 0 Å². The predicted octanol–water partition coefficient (Wildman–Crippen LogP) is 1.84. The molecule has 0 fully saturated rings. The van der Waals surface area contributed by atoms with Gasteiger partial charge in [-0.25, -0.2) is 9.97 Å². The van der Waals surface area contributed by atoms with Gasteiger partial charge in [0.1, 0.15) is 5.82 Å². The topological polar surface area (TPSA) is 71.5 Å². The van der Waals surface area contributed by atoms with Gasteiger partial charge in [0.25, 0.3) is 0 Å². The molecular formula is C14H24N6. The van der Waals surface area contributed by atoms with Gasteiger partial charge in [-0.3, -0.25) is 0 Å². The van der Waals surface area contributed by atoms with Crippen LogP contribution in [-0.2, 0) is 0 Å². The van der Waals surface area contributed by atoms with Gasteiger partial charge in [-0.2, -0.15) is 0 Å². The maximum Gasteiger partial charge on any atom is 0.180 e. The summed E-state index contributed by atoms with van der Waals surface area (Å²) in [5.74, 6) is 1.25. The van der Waals surface area contributed by atoms with E-state index in [1.165, 1.54) is 0 Å². The van der Waals surface area contributed by atoms with Crippen molar-refractivity contribution in [1.82, 2.24) is 19.3 Å². The van der Waals surface area contributed by atoms with Crippen molar-refractivity contribution < 1.29 is 0 Å². The summed E-state index contributed by atoms with van der Waals surface area (Å²) < 4.78 is 1.89. The minimum Gasteiger partial charge on any atom is -0.382 e. The number of fused-ring (bicyclic) bond motifs is 1. The Morgan fingerprint density at radius 1 is 1.40 bits per heavy atom. The molecular weight excluding hydrogens is 252 g/mol. The first-order chi connectivity index (χ1) is 9.58. The van der Waals surface area contributed by atoms with E-state index in [0.29, 0.717) is 11.9 Å². The molecule has 6 nitrogen and oxygen atoms in total. The van der Waals surface area contributed by atoms with Gasteiger partial charge in [-0.05, 0) is 40.3 Å². The van der Waals surface area contributed by atoms with Gasteiger partial charge in [0.05, 0.1) is 6.20 Å². The van der Waals surface area contributed by atoms with Crippen molar-refractivity contribution in [3.63, 3.8) is 0 Å². The number of hydrogen-bond acceptors (Lipinski definition) is 5. The molecule has 2 rings (SSSR count). The predicted molar refractivity (Wildman–Crippen MR) is 82.9 cm³/mol. The van der Waals surface area contributed by atoms with Crippen LogP contribution in [0.1, 0.15) is 26.7 Å². The molecule has 6 heteroatoms. The molecule has 2 aromatic rings. The summed E-state index contributed by atoms with van der Waals surface area (Å²) in [6.45, 7) is 6.42. The van der Waals surface area contributed by atoms with Crippen molar-refractivity contribution >= 4 is 17.3 Å². The third-order valence-corrected chi connectivity index (χ3v) is 3.50. The summed E-state index contributed by atoms with van der Waals surface area (Å²) in [6, 6.07) is 0.600. The Bertz CT molecular complexity index is 548. The molecule has 0 spiro atoms. The van der Waals surface area contributed by atoms with Crippen molar-refractivity contribution in [1.29, 1.82) is 0 Å². The summed E-state index contributed by atoms with van der Waals surface area (Å²) in [4.78, 5) is 10.9. The number of rotatable bonds is 7. The van der Waals surface area contributed by atoms with Crippen molar-refractivity contribution in [2.45, 2.75) is 32.7 Å². The molecule has 0 bridgehead atoms. The van der Waals surface area contributed by atoms with Crippen molar-refractivity contribution in [2.24, 2.45) is 0 Å². The minimum atomic E-state index is 0.498. The number of nitrogens with two attached hydrogens (primary N) is 1. The third kappa shape index (κ3) is 3.60. The zero-order chi connectivity index (χ0) is 14.5. The van der Waals surface area contributed by atoms with Crippen LogP contribution < -0.4 is 11.1 Å². The molecule has 0 aliphatic rings. The number of unbranched alkanes of at least 4 members (excludes halogenated alkanes) is 1. The van der Waals surface area contributed by atoms with E-state index in [1.807, 2.05) is 10.6 Å². The zero-order valence-corrected chi connectivity index (χ0v) is 12.5. The minimum absolute atomic E-state index is 0.498. The number of nitrogen functional groups attached to an aromatic ring is 1. The first kappa shape index (κ1) is 14.6. The molecule has 3 N–H and O–H groups in total. The van der Waals surface area contributed by atoms with E-state index < -0.39 is 0 Å². The van der Waals surface area contributed by atoms with Crippen LogP contribution in [0.5, 0.6) is 0 Å². The van der Waals surface area contributed by atoms with E-state index in [1.54, 1.807) is 12.4 Å². The van der Waals surface area contributed by atoms with E-state index in [4.69, 9.17) is 5.73 Å². The van der Waals surface area contributed by atoms with Crippen LogP contribution in [0.4, 0.5) is 11.6 Å². The second-order valence-corrected chi connectivity index (χ2v) is 5.38.